The number of benzene rings is 1. The molecule has 0 spiro atoms. The number of piperidine rings is 1. The largest absolute Gasteiger partial charge is 0.482 e. The van der Waals surface area contributed by atoms with E-state index in [0.717, 1.165) is 0 Å². The number of ketones is 1. The van der Waals surface area contributed by atoms with Gasteiger partial charge in [-0.1, -0.05) is 0 Å². The first kappa shape index (κ1) is 23.5. The van der Waals surface area contributed by atoms with Crippen molar-refractivity contribution < 1.29 is 28.6 Å². The molecule has 36 heavy (non-hydrogen) atoms. The summed E-state index contributed by atoms with van der Waals surface area (Å²) in [6, 6.07) is 10.2. The average molecular weight is 492 g/mol. The lowest BCUT2D eigenvalue weighted by molar-refractivity contribution is -0.118. The van der Waals surface area contributed by atoms with Crippen molar-refractivity contribution in [2.24, 2.45) is 0 Å². The molecule has 1 saturated heterocycles. The number of methoxy groups -OCH3 is 1. The predicted octanol–water partition coefficient (Wildman–Crippen LogP) is 2.87. The minimum Gasteiger partial charge on any atom is -0.482 e. The van der Waals surface area contributed by atoms with E-state index in [9.17, 15) is 14.4 Å². The third-order valence-corrected chi connectivity index (χ3v) is 6.11. The van der Waals surface area contributed by atoms with Gasteiger partial charge in [-0.15, -0.1) is 0 Å². The Morgan fingerprint density at radius 1 is 1.19 bits per heavy atom. The number of pyridine rings is 2. The van der Waals surface area contributed by atoms with E-state index < -0.39 is 6.09 Å². The second-order valence-corrected chi connectivity index (χ2v) is 8.56. The maximum absolute atomic E-state index is 12.8. The van der Waals surface area contributed by atoms with E-state index in [1.54, 1.807) is 42.6 Å². The average Bonchev–Trinajstić information content (AvgIpc) is 2.89. The first-order valence-electron chi connectivity index (χ1n) is 11.6. The number of aromatic nitrogens is 2. The Kier molecular flexibility index (Phi) is 6.63. The maximum Gasteiger partial charge on any atom is 0.411 e. The van der Waals surface area contributed by atoms with Crippen molar-refractivity contribution in [3.8, 4) is 11.6 Å². The lowest BCUT2D eigenvalue weighted by Crippen LogP contribution is -2.41. The van der Waals surface area contributed by atoms with Crippen LogP contribution in [0.25, 0.3) is 11.0 Å². The van der Waals surface area contributed by atoms with Crippen molar-refractivity contribution in [2.45, 2.75) is 18.9 Å². The molecule has 2 aliphatic rings. The number of likely N-dealkylation sites (tertiary alicyclic amines) is 1. The summed E-state index contributed by atoms with van der Waals surface area (Å²) in [5, 5.41) is 5.47. The number of fused-ring (bicyclic) bond motifs is 2. The van der Waals surface area contributed by atoms with Gasteiger partial charge in [-0.2, -0.15) is 0 Å². The highest BCUT2D eigenvalue weighted by Gasteiger charge is 2.25. The summed E-state index contributed by atoms with van der Waals surface area (Å²) in [7, 11) is 1.52. The third kappa shape index (κ3) is 5.20. The molecule has 2 aliphatic heterocycles. The fourth-order valence-electron chi connectivity index (χ4n) is 4.25. The standard InChI is InChI=1S/C25H25N5O6/c1-34-23-5-3-17-24(29-23)18(6-9-26-17)28-25(33)36-16-7-10-30(11-8-16)13-20(31)15-2-4-21-19(12-15)27-22(32)14-35-21/h2-6,9,12,16H,7-8,10-11,13-14H2,1H3,(H,27,32)(H,26,28,33). The van der Waals surface area contributed by atoms with Crippen molar-refractivity contribution in [3.63, 3.8) is 0 Å². The molecule has 2 aromatic heterocycles. The van der Waals surface area contributed by atoms with E-state index in [1.165, 1.54) is 7.11 Å². The van der Waals surface area contributed by atoms with Crippen molar-refractivity contribution >= 4 is 40.2 Å². The summed E-state index contributed by atoms with van der Waals surface area (Å²) in [6.07, 6.45) is 1.98. The van der Waals surface area contributed by atoms with Gasteiger partial charge in [0.1, 0.15) is 17.4 Å². The third-order valence-electron chi connectivity index (χ3n) is 6.11. The molecule has 0 saturated carbocycles. The van der Waals surface area contributed by atoms with Crippen molar-refractivity contribution in [1.82, 2.24) is 14.9 Å². The topological polar surface area (TPSA) is 132 Å². The fourth-order valence-corrected chi connectivity index (χ4v) is 4.25. The summed E-state index contributed by atoms with van der Waals surface area (Å²) in [5.41, 5.74) is 2.63. The molecule has 0 radical (unpaired) electrons. The second-order valence-electron chi connectivity index (χ2n) is 8.56. The van der Waals surface area contributed by atoms with E-state index in [-0.39, 0.29) is 30.9 Å². The van der Waals surface area contributed by atoms with Crippen molar-refractivity contribution in [3.05, 3.63) is 48.2 Å². The van der Waals surface area contributed by atoms with E-state index in [2.05, 4.69) is 20.6 Å². The molecule has 11 heteroatoms. The molecule has 186 valence electrons. The van der Waals surface area contributed by atoms with Crippen LogP contribution in [0.2, 0.25) is 0 Å². The first-order valence-corrected chi connectivity index (χ1v) is 11.6. The van der Waals surface area contributed by atoms with Gasteiger partial charge in [0.15, 0.2) is 12.4 Å². The van der Waals surface area contributed by atoms with Gasteiger partial charge in [-0.25, -0.2) is 9.78 Å². The van der Waals surface area contributed by atoms with Crippen LogP contribution in [-0.4, -0.2) is 72.1 Å². The van der Waals surface area contributed by atoms with Crippen LogP contribution in [0.4, 0.5) is 16.2 Å². The molecular formula is C25H25N5O6. The van der Waals surface area contributed by atoms with Gasteiger partial charge in [0, 0.05) is 30.9 Å². The minimum absolute atomic E-state index is 0.0277. The molecule has 4 heterocycles. The van der Waals surface area contributed by atoms with Gasteiger partial charge in [0.2, 0.25) is 5.88 Å². The zero-order chi connectivity index (χ0) is 25.1. The Hall–Kier alpha value is -4.25. The number of carbonyl (C=O) groups excluding carboxylic acids is 3. The smallest absolute Gasteiger partial charge is 0.411 e. The molecular weight excluding hydrogens is 466 g/mol. The van der Waals surface area contributed by atoms with E-state index in [1.807, 2.05) is 4.90 Å². The Labute approximate surface area is 206 Å². The summed E-state index contributed by atoms with van der Waals surface area (Å²) in [5.74, 6) is 0.674. The summed E-state index contributed by atoms with van der Waals surface area (Å²) < 4.78 is 16.1. The highest BCUT2D eigenvalue weighted by atomic mass is 16.6. The molecule has 0 bridgehead atoms. The second kappa shape index (κ2) is 10.2. The number of rotatable bonds is 6. The van der Waals surface area contributed by atoms with Crippen LogP contribution in [0.3, 0.4) is 0 Å². The SMILES string of the molecule is COc1ccc2nccc(NC(=O)OC3CCN(CC(=O)c4ccc5c(c4)NC(=O)CO5)CC3)c2n1. The zero-order valence-corrected chi connectivity index (χ0v) is 19.7. The molecule has 0 aliphatic carbocycles. The number of hydrogen-bond acceptors (Lipinski definition) is 9. The number of carbonyl (C=O) groups is 3. The highest BCUT2D eigenvalue weighted by molar-refractivity contribution is 6.01. The number of nitrogens with one attached hydrogen (secondary N) is 2. The molecule has 2 N–H and O–H groups in total. The van der Waals surface area contributed by atoms with Gasteiger partial charge in [0.25, 0.3) is 5.91 Å². The molecule has 1 aromatic carbocycles. The Balaban J connectivity index is 1.13. The zero-order valence-electron chi connectivity index (χ0n) is 19.7. The van der Waals surface area contributed by atoms with Crippen molar-refractivity contribution in [2.75, 3.05) is 44.0 Å². The van der Waals surface area contributed by atoms with Crippen LogP contribution in [0.5, 0.6) is 11.6 Å². The number of amides is 2. The van der Waals surface area contributed by atoms with E-state index >= 15 is 0 Å². The van der Waals surface area contributed by atoms with Crippen LogP contribution in [0.15, 0.2) is 42.6 Å². The van der Waals surface area contributed by atoms with Crippen LogP contribution in [0, 0.1) is 0 Å². The van der Waals surface area contributed by atoms with E-state index in [0.29, 0.717) is 65.5 Å². The maximum atomic E-state index is 12.8. The molecule has 11 nitrogen and oxygen atoms in total. The summed E-state index contributed by atoms with van der Waals surface area (Å²) in [4.78, 5) is 47.5. The van der Waals surface area contributed by atoms with Crippen LogP contribution in [0.1, 0.15) is 23.2 Å². The van der Waals surface area contributed by atoms with Crippen molar-refractivity contribution in [1.29, 1.82) is 0 Å². The van der Waals surface area contributed by atoms with Gasteiger partial charge in [-0.3, -0.25) is 24.8 Å². The Morgan fingerprint density at radius 2 is 2.03 bits per heavy atom. The number of hydrogen-bond donors (Lipinski definition) is 2. The number of Topliss-reactive ketones (excluding diaryl/α,β-unsaturated/α-hetero) is 1. The Morgan fingerprint density at radius 3 is 2.83 bits per heavy atom. The predicted molar refractivity (Wildman–Crippen MR) is 131 cm³/mol. The monoisotopic (exact) mass is 491 g/mol. The van der Waals surface area contributed by atoms with Gasteiger partial charge >= 0.3 is 6.09 Å². The molecule has 0 atom stereocenters. The first-order chi connectivity index (χ1) is 17.5. The Bertz CT molecular complexity index is 1320. The lowest BCUT2D eigenvalue weighted by Gasteiger charge is -2.31. The molecule has 1 fully saturated rings. The quantitative estimate of drug-likeness (QED) is 0.500. The van der Waals surface area contributed by atoms with Gasteiger partial charge < -0.3 is 19.5 Å². The van der Waals surface area contributed by atoms with Crippen LogP contribution >= 0.6 is 0 Å². The van der Waals surface area contributed by atoms with E-state index in [4.69, 9.17) is 14.2 Å². The normalized spacial score (nSPS) is 16.0. The minimum atomic E-state index is -0.569. The number of nitrogens with zero attached hydrogens (tertiary/aromatic N) is 3. The summed E-state index contributed by atoms with van der Waals surface area (Å²) >= 11 is 0. The lowest BCUT2D eigenvalue weighted by atomic mass is 10.0. The van der Waals surface area contributed by atoms with Gasteiger partial charge in [-0.05, 0) is 43.2 Å². The fraction of sp³-hybridized carbons (Fsp3) is 0.320. The van der Waals surface area contributed by atoms with Gasteiger partial charge in [0.05, 0.1) is 30.5 Å². The molecule has 3 aromatic rings. The molecule has 2 amide bonds. The summed E-state index contributed by atoms with van der Waals surface area (Å²) in [6.45, 7) is 1.44. The number of ether oxygens (including phenoxy) is 3. The number of anilines is 2. The highest BCUT2D eigenvalue weighted by Crippen LogP contribution is 2.29. The van der Waals surface area contributed by atoms with Crippen LogP contribution < -0.4 is 20.1 Å². The van der Waals surface area contributed by atoms with Crippen LogP contribution in [-0.2, 0) is 9.53 Å². The molecule has 0 unspecified atom stereocenters. The molecule has 5 rings (SSSR count).